The van der Waals surface area contributed by atoms with Crippen molar-refractivity contribution in [2.45, 2.75) is 51.9 Å². The van der Waals surface area contributed by atoms with Crippen LogP contribution in [0.15, 0.2) is 73.4 Å². The van der Waals surface area contributed by atoms with Crippen LogP contribution in [-0.4, -0.2) is 33.6 Å². The van der Waals surface area contributed by atoms with Crippen molar-refractivity contribution in [3.05, 3.63) is 73.4 Å². The van der Waals surface area contributed by atoms with Crippen LogP contribution >= 0.6 is 0 Å². The predicted molar refractivity (Wildman–Crippen MR) is 107 cm³/mol. The maximum Gasteiger partial charge on any atom is 0.0768 e. The number of hydrogen-bond acceptors (Lipinski definition) is 3. The zero-order chi connectivity index (χ0) is 19.1. The van der Waals surface area contributed by atoms with Crippen LogP contribution in [0.1, 0.15) is 33.6 Å². The van der Waals surface area contributed by atoms with E-state index in [1.165, 1.54) is 6.08 Å². The van der Waals surface area contributed by atoms with Crippen molar-refractivity contribution in [3.8, 4) is 0 Å². The second kappa shape index (κ2) is 14.6. The molecule has 5 unspecified atom stereocenters. The lowest BCUT2D eigenvalue weighted by Crippen LogP contribution is -2.32. The van der Waals surface area contributed by atoms with Crippen LogP contribution in [0.25, 0.3) is 0 Å². The second-order valence-electron chi connectivity index (χ2n) is 6.26. The summed E-state index contributed by atoms with van der Waals surface area (Å²) in [5.41, 5.74) is 0. The average molecular weight is 347 g/mol. The fourth-order valence-electron chi connectivity index (χ4n) is 2.17. The molecule has 3 N–H and O–H groups in total. The van der Waals surface area contributed by atoms with E-state index in [1.54, 1.807) is 13.0 Å². The van der Waals surface area contributed by atoms with Crippen molar-refractivity contribution >= 4 is 0 Å². The lowest BCUT2D eigenvalue weighted by atomic mass is 9.89. The van der Waals surface area contributed by atoms with E-state index in [-0.39, 0.29) is 11.8 Å². The van der Waals surface area contributed by atoms with Crippen LogP contribution in [0.3, 0.4) is 0 Å². The molecule has 0 aromatic carbocycles. The minimum atomic E-state index is -0.683. The Bertz CT molecular complexity index is 484. The van der Waals surface area contributed by atoms with Crippen molar-refractivity contribution in [2.75, 3.05) is 0 Å². The largest absolute Gasteiger partial charge is 0.392 e. The van der Waals surface area contributed by atoms with Gasteiger partial charge in [0.15, 0.2) is 0 Å². The third kappa shape index (κ3) is 12.3. The molecule has 5 atom stereocenters. The molecule has 0 aliphatic rings. The molecule has 0 spiro atoms. The molecule has 0 saturated carbocycles. The van der Waals surface area contributed by atoms with Crippen LogP contribution in [0.2, 0.25) is 0 Å². The number of aliphatic hydroxyl groups excluding tert-OH is 3. The van der Waals surface area contributed by atoms with E-state index < -0.39 is 18.3 Å². The van der Waals surface area contributed by atoms with E-state index in [0.29, 0.717) is 0 Å². The Morgan fingerprint density at radius 2 is 1.32 bits per heavy atom. The van der Waals surface area contributed by atoms with Crippen molar-refractivity contribution < 1.29 is 15.3 Å². The molecule has 0 amide bonds. The molecule has 0 aromatic rings. The van der Waals surface area contributed by atoms with Crippen LogP contribution in [0.4, 0.5) is 0 Å². The van der Waals surface area contributed by atoms with Gasteiger partial charge in [0.2, 0.25) is 0 Å². The van der Waals surface area contributed by atoms with Gasteiger partial charge in [-0.25, -0.2) is 0 Å². The van der Waals surface area contributed by atoms with Gasteiger partial charge < -0.3 is 15.3 Å². The first-order chi connectivity index (χ1) is 11.9. The maximum absolute atomic E-state index is 10.2. The van der Waals surface area contributed by atoms with Gasteiger partial charge in [0.25, 0.3) is 0 Å². The minimum Gasteiger partial charge on any atom is -0.392 e. The van der Waals surface area contributed by atoms with Gasteiger partial charge >= 0.3 is 0 Å². The summed E-state index contributed by atoms with van der Waals surface area (Å²) in [5.74, 6) is -0.237. The van der Waals surface area contributed by atoms with Gasteiger partial charge in [-0.15, -0.1) is 6.58 Å². The molecule has 0 radical (unpaired) electrons. The van der Waals surface area contributed by atoms with E-state index >= 15 is 0 Å². The topological polar surface area (TPSA) is 60.7 Å². The van der Waals surface area contributed by atoms with E-state index in [4.69, 9.17) is 5.11 Å². The standard InChI is InChI=1S/C22H34O3/c1-5-21(24)20(4)22(25)18(2)16-14-12-10-8-6-7-9-11-13-15-17-19(3)23/h5-9,11,13-25H,1,10,12H2,2-4H3/b8-6+,9-7+,13-11+,16-14+,17-15+. The summed E-state index contributed by atoms with van der Waals surface area (Å²) >= 11 is 0. The fraction of sp³-hybridized carbons (Fsp3) is 0.455. The Balaban J connectivity index is 4.03. The molecule has 0 saturated heterocycles. The summed E-state index contributed by atoms with van der Waals surface area (Å²) < 4.78 is 0. The van der Waals surface area contributed by atoms with E-state index in [9.17, 15) is 10.2 Å². The lowest BCUT2D eigenvalue weighted by molar-refractivity contribution is 0.0241. The number of allylic oxidation sites excluding steroid dienone is 8. The monoisotopic (exact) mass is 346 g/mol. The van der Waals surface area contributed by atoms with Gasteiger partial charge in [-0.3, -0.25) is 0 Å². The van der Waals surface area contributed by atoms with E-state index in [1.807, 2.05) is 56.4 Å². The number of aliphatic hydroxyl groups is 3. The van der Waals surface area contributed by atoms with Gasteiger partial charge in [-0.05, 0) is 19.8 Å². The normalized spacial score (nSPS) is 19.3. The zero-order valence-corrected chi connectivity index (χ0v) is 15.7. The van der Waals surface area contributed by atoms with Gasteiger partial charge in [0.05, 0.1) is 18.3 Å². The summed E-state index contributed by atoms with van der Waals surface area (Å²) in [6, 6.07) is 0. The molecule has 0 heterocycles. The SMILES string of the molecule is C=CC(O)C(C)C(O)C(C)/C=C/CC/C=C/C=C/C=C/C=C/C(C)O. The van der Waals surface area contributed by atoms with Gasteiger partial charge in [-0.2, -0.15) is 0 Å². The van der Waals surface area contributed by atoms with Crippen LogP contribution in [0, 0.1) is 11.8 Å². The highest BCUT2D eigenvalue weighted by atomic mass is 16.3. The van der Waals surface area contributed by atoms with E-state index in [0.717, 1.165) is 12.8 Å². The quantitative estimate of drug-likeness (QED) is 0.283. The molecule has 140 valence electrons. The summed E-state index contributed by atoms with van der Waals surface area (Å²) in [5, 5.41) is 28.9. The Morgan fingerprint density at radius 1 is 0.760 bits per heavy atom. The first-order valence-corrected chi connectivity index (χ1v) is 8.90. The third-order valence-electron chi connectivity index (χ3n) is 3.88. The Morgan fingerprint density at radius 3 is 1.92 bits per heavy atom. The van der Waals surface area contributed by atoms with Crippen molar-refractivity contribution in [2.24, 2.45) is 11.8 Å². The van der Waals surface area contributed by atoms with Gasteiger partial charge in [0.1, 0.15) is 0 Å². The molecular formula is C22H34O3. The smallest absolute Gasteiger partial charge is 0.0768 e. The molecule has 25 heavy (non-hydrogen) atoms. The summed E-state index contributed by atoms with van der Waals surface area (Å²) in [4.78, 5) is 0. The van der Waals surface area contributed by atoms with E-state index in [2.05, 4.69) is 18.7 Å². The number of rotatable bonds is 12. The zero-order valence-electron chi connectivity index (χ0n) is 15.7. The average Bonchev–Trinajstić information content (AvgIpc) is 2.60. The first-order valence-electron chi connectivity index (χ1n) is 8.90. The van der Waals surface area contributed by atoms with Gasteiger partial charge in [0, 0.05) is 11.8 Å². The van der Waals surface area contributed by atoms with Crippen LogP contribution in [0.5, 0.6) is 0 Å². The minimum absolute atomic E-state index is 0.00620. The molecule has 3 heteroatoms. The van der Waals surface area contributed by atoms with Gasteiger partial charge in [-0.1, -0.05) is 80.7 Å². The summed E-state index contributed by atoms with van der Waals surface area (Å²) in [6.07, 6.45) is 21.0. The first kappa shape index (κ1) is 23.3. The van der Waals surface area contributed by atoms with Crippen molar-refractivity contribution in [1.82, 2.24) is 0 Å². The predicted octanol–water partition coefficient (Wildman–Crippen LogP) is 4.11. The number of hydrogen-bond donors (Lipinski definition) is 3. The molecular weight excluding hydrogens is 312 g/mol. The highest BCUT2D eigenvalue weighted by Crippen LogP contribution is 2.18. The molecule has 0 fully saturated rings. The molecule has 0 aliphatic heterocycles. The second-order valence-corrected chi connectivity index (χ2v) is 6.26. The van der Waals surface area contributed by atoms with Crippen LogP contribution < -0.4 is 0 Å². The molecule has 0 rings (SSSR count). The molecule has 3 nitrogen and oxygen atoms in total. The molecule has 0 bridgehead atoms. The molecule has 0 aliphatic carbocycles. The Hall–Kier alpha value is -1.68. The van der Waals surface area contributed by atoms with Crippen LogP contribution in [-0.2, 0) is 0 Å². The third-order valence-corrected chi connectivity index (χ3v) is 3.88. The highest BCUT2D eigenvalue weighted by Gasteiger charge is 2.23. The van der Waals surface area contributed by atoms with Crippen molar-refractivity contribution in [3.63, 3.8) is 0 Å². The lowest BCUT2D eigenvalue weighted by Gasteiger charge is -2.25. The molecule has 0 aromatic heterocycles. The summed E-state index contributed by atoms with van der Waals surface area (Å²) in [7, 11) is 0. The number of unbranched alkanes of at least 4 members (excludes halogenated alkanes) is 1. The van der Waals surface area contributed by atoms with Crippen molar-refractivity contribution in [1.29, 1.82) is 0 Å². The fourth-order valence-corrected chi connectivity index (χ4v) is 2.17. The highest BCUT2D eigenvalue weighted by molar-refractivity contribution is 5.15. The Labute approximate surface area is 153 Å². The maximum atomic E-state index is 10.2. The summed E-state index contributed by atoms with van der Waals surface area (Å²) in [6.45, 7) is 9.04. The Kier molecular flexibility index (Phi) is 13.7.